The molecule has 0 atom stereocenters. The number of hydrogen-bond acceptors (Lipinski definition) is 3. The smallest absolute Gasteiger partial charge is 0.273 e. The number of rotatable bonds is 1. The van der Waals surface area contributed by atoms with Crippen LogP contribution < -0.4 is 5.56 Å². The highest BCUT2D eigenvalue weighted by molar-refractivity contribution is 7.17. The number of aromatic nitrogens is 2. The van der Waals surface area contributed by atoms with Crippen LogP contribution in [0.3, 0.4) is 0 Å². The van der Waals surface area contributed by atoms with Crippen molar-refractivity contribution in [3.63, 3.8) is 0 Å². The maximum atomic E-state index is 12.2. The van der Waals surface area contributed by atoms with Gasteiger partial charge < -0.3 is 0 Å². The molecule has 0 saturated heterocycles. The quantitative estimate of drug-likeness (QED) is 0.657. The van der Waals surface area contributed by atoms with E-state index < -0.39 is 0 Å². The van der Waals surface area contributed by atoms with Crippen LogP contribution in [0, 0.1) is 6.92 Å². The van der Waals surface area contributed by atoms with E-state index in [2.05, 4.69) is 4.98 Å². The Kier molecular flexibility index (Phi) is 2.30. The molecule has 3 heterocycles. The van der Waals surface area contributed by atoms with Crippen molar-refractivity contribution in [1.29, 1.82) is 0 Å². The zero-order valence-corrected chi connectivity index (χ0v) is 10.1. The van der Waals surface area contributed by atoms with Crippen molar-refractivity contribution in [3.05, 3.63) is 58.1 Å². The van der Waals surface area contributed by atoms with Gasteiger partial charge in [-0.1, -0.05) is 0 Å². The molecule has 84 valence electrons. The Morgan fingerprint density at radius 3 is 2.88 bits per heavy atom. The van der Waals surface area contributed by atoms with Crippen molar-refractivity contribution in [2.24, 2.45) is 0 Å². The number of hydrogen-bond donors (Lipinski definition) is 0. The summed E-state index contributed by atoms with van der Waals surface area (Å²) in [6.07, 6.45) is 3.51. The second-order valence-electron chi connectivity index (χ2n) is 3.85. The molecule has 0 spiro atoms. The Morgan fingerprint density at radius 2 is 2.12 bits per heavy atom. The van der Waals surface area contributed by atoms with Crippen LogP contribution in [0.1, 0.15) is 5.69 Å². The van der Waals surface area contributed by atoms with Gasteiger partial charge in [0.1, 0.15) is 4.70 Å². The Bertz CT molecular complexity index is 725. The van der Waals surface area contributed by atoms with Crippen LogP contribution in [-0.4, -0.2) is 9.55 Å². The third-order valence-electron chi connectivity index (χ3n) is 2.69. The summed E-state index contributed by atoms with van der Waals surface area (Å²) in [4.78, 5) is 16.4. The van der Waals surface area contributed by atoms with Crippen LogP contribution in [0.15, 0.2) is 46.8 Å². The topological polar surface area (TPSA) is 34.9 Å². The summed E-state index contributed by atoms with van der Waals surface area (Å²) >= 11 is 1.47. The summed E-state index contributed by atoms with van der Waals surface area (Å²) in [5.74, 6) is 0. The van der Waals surface area contributed by atoms with Crippen molar-refractivity contribution in [3.8, 4) is 5.69 Å². The molecule has 0 aliphatic carbocycles. The molecule has 0 aromatic carbocycles. The minimum Gasteiger partial charge on any atom is -0.282 e. The van der Waals surface area contributed by atoms with Crippen LogP contribution in [-0.2, 0) is 0 Å². The van der Waals surface area contributed by atoms with E-state index in [1.165, 1.54) is 11.3 Å². The molecule has 0 unspecified atom stereocenters. The highest BCUT2D eigenvalue weighted by atomic mass is 32.1. The van der Waals surface area contributed by atoms with Crippen LogP contribution in [0.2, 0.25) is 0 Å². The standard InChI is InChI=1S/C13H10N2OS/c1-9-2-3-11(8-14-9)15-6-4-10-5-7-17-12(10)13(15)16/h2-8H,1H3. The maximum Gasteiger partial charge on any atom is 0.273 e. The van der Waals surface area contributed by atoms with Crippen LogP contribution in [0.5, 0.6) is 0 Å². The van der Waals surface area contributed by atoms with Gasteiger partial charge in [0.2, 0.25) is 0 Å². The highest BCUT2D eigenvalue weighted by Gasteiger charge is 2.05. The summed E-state index contributed by atoms with van der Waals surface area (Å²) < 4.78 is 2.42. The highest BCUT2D eigenvalue weighted by Crippen LogP contribution is 2.17. The van der Waals surface area contributed by atoms with Gasteiger partial charge in [-0.15, -0.1) is 11.3 Å². The molecular formula is C13H10N2OS. The van der Waals surface area contributed by atoms with Crippen molar-refractivity contribution in [2.75, 3.05) is 0 Å². The lowest BCUT2D eigenvalue weighted by atomic mass is 10.3. The van der Waals surface area contributed by atoms with Gasteiger partial charge in [0, 0.05) is 11.9 Å². The molecule has 17 heavy (non-hydrogen) atoms. The van der Waals surface area contributed by atoms with E-state index >= 15 is 0 Å². The Labute approximate surface area is 102 Å². The monoisotopic (exact) mass is 242 g/mol. The van der Waals surface area contributed by atoms with E-state index in [0.29, 0.717) is 0 Å². The maximum absolute atomic E-state index is 12.2. The van der Waals surface area contributed by atoms with Gasteiger partial charge in [0.15, 0.2) is 0 Å². The van der Waals surface area contributed by atoms with Gasteiger partial charge in [-0.2, -0.15) is 0 Å². The molecule has 3 rings (SSSR count). The molecule has 0 fully saturated rings. The lowest BCUT2D eigenvalue weighted by molar-refractivity contribution is 0.990. The van der Waals surface area contributed by atoms with Crippen molar-refractivity contribution >= 4 is 21.4 Å². The molecule has 4 heteroatoms. The molecule has 3 aromatic rings. The molecular weight excluding hydrogens is 232 g/mol. The fraction of sp³-hybridized carbons (Fsp3) is 0.0769. The lowest BCUT2D eigenvalue weighted by Gasteiger charge is -2.05. The van der Waals surface area contributed by atoms with E-state index in [9.17, 15) is 4.79 Å². The van der Waals surface area contributed by atoms with E-state index in [1.807, 2.05) is 36.6 Å². The summed E-state index contributed by atoms with van der Waals surface area (Å²) in [5.41, 5.74) is 1.76. The molecule has 0 saturated carbocycles. The SMILES string of the molecule is Cc1ccc(-n2ccc3ccsc3c2=O)cn1. The number of fused-ring (bicyclic) bond motifs is 1. The number of pyridine rings is 2. The largest absolute Gasteiger partial charge is 0.282 e. The van der Waals surface area contributed by atoms with Crippen LogP contribution in [0.25, 0.3) is 15.8 Å². The molecule has 0 aliphatic heterocycles. The average molecular weight is 242 g/mol. The van der Waals surface area contributed by atoms with Crippen molar-refractivity contribution in [2.45, 2.75) is 6.92 Å². The third-order valence-corrected chi connectivity index (χ3v) is 3.60. The first kappa shape index (κ1) is 10.2. The molecule has 0 bridgehead atoms. The normalized spacial score (nSPS) is 10.9. The number of nitrogens with zero attached hydrogens (tertiary/aromatic N) is 2. The first-order chi connectivity index (χ1) is 8.25. The number of thiophene rings is 1. The van der Waals surface area contributed by atoms with Crippen molar-refractivity contribution < 1.29 is 0 Å². The van der Waals surface area contributed by atoms with Gasteiger partial charge >= 0.3 is 0 Å². The zero-order valence-electron chi connectivity index (χ0n) is 9.25. The summed E-state index contributed by atoms with van der Waals surface area (Å²) in [5, 5.41) is 2.93. The van der Waals surface area contributed by atoms with E-state index in [0.717, 1.165) is 21.5 Å². The Hall–Kier alpha value is -1.94. The minimum absolute atomic E-state index is 0.0168. The van der Waals surface area contributed by atoms with Gasteiger partial charge in [0.05, 0.1) is 11.9 Å². The average Bonchev–Trinajstić information content (AvgIpc) is 2.80. The van der Waals surface area contributed by atoms with Crippen LogP contribution >= 0.6 is 11.3 Å². The number of aryl methyl sites for hydroxylation is 1. The third kappa shape index (κ3) is 1.66. The first-order valence-electron chi connectivity index (χ1n) is 5.27. The van der Waals surface area contributed by atoms with Gasteiger partial charge in [-0.3, -0.25) is 14.3 Å². The fourth-order valence-electron chi connectivity index (χ4n) is 1.76. The van der Waals surface area contributed by atoms with E-state index in [-0.39, 0.29) is 5.56 Å². The first-order valence-corrected chi connectivity index (χ1v) is 6.15. The van der Waals surface area contributed by atoms with Gasteiger partial charge in [-0.25, -0.2) is 0 Å². The van der Waals surface area contributed by atoms with E-state index in [1.54, 1.807) is 17.0 Å². The second kappa shape index (κ2) is 3.82. The molecule has 0 amide bonds. The molecule has 0 aliphatic rings. The van der Waals surface area contributed by atoms with Gasteiger partial charge in [0.25, 0.3) is 5.56 Å². The Morgan fingerprint density at radius 1 is 1.24 bits per heavy atom. The summed E-state index contributed by atoms with van der Waals surface area (Å²) in [7, 11) is 0. The summed E-state index contributed by atoms with van der Waals surface area (Å²) in [6, 6.07) is 7.72. The lowest BCUT2D eigenvalue weighted by Crippen LogP contribution is -2.16. The molecule has 0 N–H and O–H groups in total. The predicted molar refractivity (Wildman–Crippen MR) is 70.0 cm³/mol. The van der Waals surface area contributed by atoms with Crippen LogP contribution in [0.4, 0.5) is 0 Å². The molecule has 0 radical (unpaired) electrons. The summed E-state index contributed by atoms with van der Waals surface area (Å²) in [6.45, 7) is 1.93. The van der Waals surface area contributed by atoms with E-state index in [4.69, 9.17) is 0 Å². The molecule has 3 aromatic heterocycles. The van der Waals surface area contributed by atoms with Gasteiger partial charge in [-0.05, 0) is 42.0 Å². The minimum atomic E-state index is 0.0168. The molecule has 3 nitrogen and oxygen atoms in total. The second-order valence-corrected chi connectivity index (χ2v) is 4.77. The fourth-order valence-corrected chi connectivity index (χ4v) is 2.58. The zero-order chi connectivity index (χ0) is 11.8. The predicted octanol–water partition coefficient (Wildman–Crippen LogP) is 2.76. The van der Waals surface area contributed by atoms with Crippen molar-refractivity contribution in [1.82, 2.24) is 9.55 Å². The Balaban J connectivity index is 2.27.